The first-order valence-corrected chi connectivity index (χ1v) is 6.36. The number of aromatic nitrogens is 2. The van der Waals surface area contributed by atoms with Crippen molar-refractivity contribution in [3.05, 3.63) is 53.6 Å². The lowest BCUT2D eigenvalue weighted by molar-refractivity contribution is 0.805. The number of rotatable bonds is 4. The second-order valence-corrected chi connectivity index (χ2v) is 5.07. The van der Waals surface area contributed by atoms with Crippen molar-refractivity contribution in [1.82, 2.24) is 9.55 Å². The fraction of sp³-hybridized carbons (Fsp3) is 0.400. The number of imidazole rings is 1. The molecular weight excluding hydrogens is 208 g/mol. The Balaban J connectivity index is 1.75. The van der Waals surface area contributed by atoms with Gasteiger partial charge in [-0.15, -0.1) is 0 Å². The van der Waals surface area contributed by atoms with Crippen LogP contribution in [-0.2, 0) is 19.9 Å². The topological polar surface area (TPSA) is 17.8 Å². The Morgan fingerprint density at radius 2 is 2.00 bits per heavy atom. The summed E-state index contributed by atoms with van der Waals surface area (Å²) in [7, 11) is 2.10. The molecule has 2 heteroatoms. The van der Waals surface area contributed by atoms with Gasteiger partial charge in [0.25, 0.3) is 0 Å². The van der Waals surface area contributed by atoms with E-state index in [2.05, 4.69) is 48.1 Å². The van der Waals surface area contributed by atoms with Crippen LogP contribution in [0.1, 0.15) is 29.9 Å². The number of aryl methyl sites for hydroxylation is 1. The summed E-state index contributed by atoms with van der Waals surface area (Å²) >= 11 is 0. The molecule has 1 heterocycles. The first kappa shape index (κ1) is 10.6. The molecule has 0 atom stereocenters. The minimum absolute atomic E-state index is 0.912. The molecule has 1 aliphatic rings. The third kappa shape index (κ3) is 2.57. The maximum atomic E-state index is 4.75. The first-order chi connectivity index (χ1) is 8.31. The summed E-state index contributed by atoms with van der Waals surface area (Å²) in [5, 5.41) is 0. The van der Waals surface area contributed by atoms with Gasteiger partial charge in [0.15, 0.2) is 0 Å². The van der Waals surface area contributed by atoms with Gasteiger partial charge in [-0.25, -0.2) is 4.98 Å². The average Bonchev–Trinajstić information content (AvgIpc) is 3.07. The molecule has 1 saturated carbocycles. The summed E-state index contributed by atoms with van der Waals surface area (Å²) in [5.41, 5.74) is 2.60. The Hall–Kier alpha value is -1.57. The molecule has 0 spiro atoms. The quantitative estimate of drug-likeness (QED) is 0.783. The van der Waals surface area contributed by atoms with Crippen LogP contribution < -0.4 is 0 Å². The zero-order valence-electron chi connectivity index (χ0n) is 10.3. The summed E-state index contributed by atoms with van der Waals surface area (Å²) in [6, 6.07) is 10.6. The molecule has 1 aromatic heterocycles. The molecular formula is C15H18N2. The van der Waals surface area contributed by atoms with E-state index in [4.69, 9.17) is 4.98 Å². The molecule has 1 aromatic carbocycles. The van der Waals surface area contributed by atoms with Gasteiger partial charge in [-0.05, 0) is 30.7 Å². The van der Waals surface area contributed by atoms with Crippen LogP contribution in [-0.4, -0.2) is 9.55 Å². The van der Waals surface area contributed by atoms with E-state index >= 15 is 0 Å². The first-order valence-electron chi connectivity index (χ1n) is 6.36. The van der Waals surface area contributed by atoms with Crippen molar-refractivity contribution in [1.29, 1.82) is 0 Å². The van der Waals surface area contributed by atoms with Gasteiger partial charge in [0.1, 0.15) is 5.82 Å². The third-order valence-electron chi connectivity index (χ3n) is 3.42. The second kappa shape index (κ2) is 4.36. The van der Waals surface area contributed by atoms with Crippen molar-refractivity contribution < 1.29 is 0 Å². The van der Waals surface area contributed by atoms with Crippen molar-refractivity contribution in [3.8, 4) is 0 Å². The molecule has 1 fully saturated rings. The summed E-state index contributed by atoms with van der Waals surface area (Å²) in [6.45, 7) is 0. The minimum Gasteiger partial charge on any atom is -0.337 e. The monoisotopic (exact) mass is 226 g/mol. The van der Waals surface area contributed by atoms with Crippen LogP contribution in [0.2, 0.25) is 0 Å². The van der Waals surface area contributed by atoms with E-state index in [1.165, 1.54) is 36.3 Å². The largest absolute Gasteiger partial charge is 0.337 e. The Bertz CT molecular complexity index is 495. The van der Waals surface area contributed by atoms with E-state index in [0.29, 0.717) is 0 Å². The van der Waals surface area contributed by atoms with Gasteiger partial charge in [-0.1, -0.05) is 30.3 Å². The normalized spacial score (nSPS) is 15.1. The number of hydrogen-bond donors (Lipinski definition) is 0. The molecule has 3 rings (SSSR count). The van der Waals surface area contributed by atoms with Gasteiger partial charge in [0, 0.05) is 19.7 Å². The molecule has 88 valence electrons. The molecule has 0 saturated heterocycles. The van der Waals surface area contributed by atoms with Crippen molar-refractivity contribution in [3.63, 3.8) is 0 Å². The van der Waals surface area contributed by atoms with Crippen molar-refractivity contribution in [2.45, 2.75) is 25.7 Å². The zero-order valence-corrected chi connectivity index (χ0v) is 10.3. The molecule has 0 aliphatic heterocycles. The highest BCUT2D eigenvalue weighted by Gasteiger charge is 2.22. The average molecular weight is 226 g/mol. The van der Waals surface area contributed by atoms with E-state index in [0.717, 1.165) is 12.3 Å². The lowest BCUT2D eigenvalue weighted by Gasteiger charge is -2.00. The van der Waals surface area contributed by atoms with E-state index in [9.17, 15) is 0 Å². The SMILES string of the molecule is Cn1cc(CC2CC2)nc1Cc1ccccc1. The van der Waals surface area contributed by atoms with Crippen LogP contribution in [0.4, 0.5) is 0 Å². The number of benzene rings is 1. The highest BCUT2D eigenvalue weighted by Crippen LogP contribution is 2.32. The molecule has 2 nitrogen and oxygen atoms in total. The van der Waals surface area contributed by atoms with Crippen molar-refractivity contribution >= 4 is 0 Å². The highest BCUT2D eigenvalue weighted by molar-refractivity contribution is 5.20. The van der Waals surface area contributed by atoms with E-state index in [1.54, 1.807) is 0 Å². The maximum Gasteiger partial charge on any atom is 0.113 e. The van der Waals surface area contributed by atoms with Crippen molar-refractivity contribution in [2.24, 2.45) is 13.0 Å². The number of hydrogen-bond acceptors (Lipinski definition) is 1. The molecule has 0 N–H and O–H groups in total. The fourth-order valence-electron chi connectivity index (χ4n) is 2.23. The van der Waals surface area contributed by atoms with Gasteiger partial charge < -0.3 is 4.57 Å². The summed E-state index contributed by atoms with van der Waals surface area (Å²) in [5.74, 6) is 2.08. The van der Waals surface area contributed by atoms with Gasteiger partial charge in [-0.3, -0.25) is 0 Å². The Morgan fingerprint density at radius 3 is 2.71 bits per heavy atom. The predicted molar refractivity (Wildman–Crippen MR) is 68.9 cm³/mol. The second-order valence-electron chi connectivity index (χ2n) is 5.07. The van der Waals surface area contributed by atoms with Gasteiger partial charge in [0.2, 0.25) is 0 Å². The Labute approximate surface area is 102 Å². The minimum atomic E-state index is 0.912. The lowest BCUT2D eigenvalue weighted by atomic mass is 10.1. The van der Waals surface area contributed by atoms with Crippen LogP contribution in [0.3, 0.4) is 0 Å². The van der Waals surface area contributed by atoms with Gasteiger partial charge in [0.05, 0.1) is 5.69 Å². The van der Waals surface area contributed by atoms with Crippen molar-refractivity contribution in [2.75, 3.05) is 0 Å². The summed E-state index contributed by atoms with van der Waals surface area (Å²) in [4.78, 5) is 4.75. The van der Waals surface area contributed by atoms with Gasteiger partial charge >= 0.3 is 0 Å². The molecule has 0 bridgehead atoms. The molecule has 0 radical (unpaired) electrons. The molecule has 0 amide bonds. The smallest absolute Gasteiger partial charge is 0.113 e. The van der Waals surface area contributed by atoms with Crippen LogP contribution in [0.25, 0.3) is 0 Å². The fourth-order valence-corrected chi connectivity index (χ4v) is 2.23. The predicted octanol–water partition coefficient (Wildman–Crippen LogP) is 2.96. The van der Waals surface area contributed by atoms with Crippen LogP contribution in [0, 0.1) is 5.92 Å². The Kier molecular flexibility index (Phi) is 2.71. The van der Waals surface area contributed by atoms with Crippen LogP contribution in [0.15, 0.2) is 36.5 Å². The van der Waals surface area contributed by atoms with Gasteiger partial charge in [-0.2, -0.15) is 0 Å². The third-order valence-corrected chi connectivity index (χ3v) is 3.42. The highest BCUT2D eigenvalue weighted by atomic mass is 15.0. The summed E-state index contributed by atoms with van der Waals surface area (Å²) in [6.07, 6.45) is 7.08. The van der Waals surface area contributed by atoms with Crippen LogP contribution >= 0.6 is 0 Å². The maximum absolute atomic E-state index is 4.75. The standard InChI is InChI=1S/C15H18N2/c1-17-11-14(9-13-7-8-13)16-15(17)10-12-5-3-2-4-6-12/h2-6,11,13H,7-10H2,1H3. The van der Waals surface area contributed by atoms with E-state index in [-0.39, 0.29) is 0 Å². The molecule has 1 aliphatic carbocycles. The van der Waals surface area contributed by atoms with E-state index < -0.39 is 0 Å². The zero-order chi connectivity index (χ0) is 11.7. The van der Waals surface area contributed by atoms with E-state index in [1.807, 2.05) is 0 Å². The Morgan fingerprint density at radius 1 is 1.24 bits per heavy atom. The molecule has 2 aromatic rings. The molecule has 17 heavy (non-hydrogen) atoms. The lowest BCUT2D eigenvalue weighted by Crippen LogP contribution is -1.98. The summed E-state index contributed by atoms with van der Waals surface area (Å²) < 4.78 is 2.17. The number of nitrogens with zero attached hydrogens (tertiary/aromatic N) is 2. The van der Waals surface area contributed by atoms with Crippen LogP contribution in [0.5, 0.6) is 0 Å². The molecule has 0 unspecified atom stereocenters.